The fraction of sp³-hybridized carbons (Fsp3) is 0.571. The topological polar surface area (TPSA) is 81.9 Å². The molecule has 1 fully saturated rings. The number of rotatable bonds is 4. The van der Waals surface area contributed by atoms with E-state index >= 15 is 0 Å². The van der Waals surface area contributed by atoms with Gasteiger partial charge >= 0.3 is 0 Å². The molecule has 1 aliphatic rings. The number of methoxy groups -OCH3 is 1. The first-order valence-corrected chi connectivity index (χ1v) is 8.34. The van der Waals surface area contributed by atoms with E-state index in [0.717, 1.165) is 5.56 Å². The van der Waals surface area contributed by atoms with Crippen molar-refractivity contribution in [3.63, 3.8) is 0 Å². The van der Waals surface area contributed by atoms with Gasteiger partial charge in [-0.2, -0.15) is 4.31 Å². The molecule has 0 aromatic heterocycles. The number of nitrogens with zero attached hydrogens (tertiary/aromatic N) is 1. The standard InChI is InChI=1S/C14H22N2O4S/c1-10-9-20-11(2)8-16(10)21(17,18)14-5-4-12(7-15)6-13(14)19-3/h4-6,10-11H,7-9,15H2,1-3H3. The third kappa shape index (κ3) is 3.21. The lowest BCUT2D eigenvalue weighted by Gasteiger charge is -2.35. The molecular formula is C14H22N2O4S. The molecule has 1 heterocycles. The molecule has 0 radical (unpaired) electrons. The van der Waals surface area contributed by atoms with Crippen LogP contribution in [-0.2, 0) is 21.3 Å². The predicted octanol–water partition coefficient (Wildman–Crippen LogP) is 0.952. The number of sulfonamides is 1. The van der Waals surface area contributed by atoms with Gasteiger partial charge in [0.25, 0.3) is 0 Å². The van der Waals surface area contributed by atoms with Crippen molar-refractivity contribution in [3.8, 4) is 5.75 Å². The van der Waals surface area contributed by atoms with Crippen LogP contribution in [0.25, 0.3) is 0 Å². The van der Waals surface area contributed by atoms with Crippen molar-refractivity contribution in [2.24, 2.45) is 5.73 Å². The smallest absolute Gasteiger partial charge is 0.247 e. The molecule has 0 amide bonds. The van der Waals surface area contributed by atoms with Gasteiger partial charge in [0.1, 0.15) is 10.6 Å². The summed E-state index contributed by atoms with van der Waals surface area (Å²) < 4.78 is 38.0. The number of morpholine rings is 1. The highest BCUT2D eigenvalue weighted by atomic mass is 32.2. The Bertz CT molecular complexity index is 603. The van der Waals surface area contributed by atoms with E-state index in [1.165, 1.54) is 11.4 Å². The molecule has 0 spiro atoms. The van der Waals surface area contributed by atoms with Crippen LogP contribution in [0.4, 0.5) is 0 Å². The summed E-state index contributed by atoms with van der Waals surface area (Å²) in [7, 11) is -2.17. The van der Waals surface area contributed by atoms with Gasteiger partial charge in [-0.3, -0.25) is 0 Å². The third-order valence-electron chi connectivity index (χ3n) is 3.60. The second-order valence-corrected chi connectivity index (χ2v) is 7.12. The molecule has 7 heteroatoms. The Hall–Kier alpha value is -1.15. The van der Waals surface area contributed by atoms with E-state index in [2.05, 4.69) is 0 Å². The van der Waals surface area contributed by atoms with E-state index < -0.39 is 10.0 Å². The molecule has 0 bridgehead atoms. The zero-order valence-corrected chi connectivity index (χ0v) is 13.4. The van der Waals surface area contributed by atoms with Crippen molar-refractivity contribution in [1.29, 1.82) is 0 Å². The Morgan fingerprint density at radius 2 is 2.14 bits per heavy atom. The Balaban J connectivity index is 2.43. The molecule has 6 nitrogen and oxygen atoms in total. The van der Waals surface area contributed by atoms with Crippen LogP contribution in [-0.4, -0.2) is 45.1 Å². The summed E-state index contributed by atoms with van der Waals surface area (Å²) in [5.74, 6) is 0.323. The van der Waals surface area contributed by atoms with Crippen molar-refractivity contribution < 1.29 is 17.9 Å². The van der Waals surface area contributed by atoms with Crippen LogP contribution in [0.15, 0.2) is 23.1 Å². The van der Waals surface area contributed by atoms with Gasteiger partial charge in [0.15, 0.2) is 0 Å². The predicted molar refractivity (Wildman–Crippen MR) is 79.7 cm³/mol. The van der Waals surface area contributed by atoms with E-state index in [1.54, 1.807) is 18.2 Å². The van der Waals surface area contributed by atoms with Crippen molar-refractivity contribution in [1.82, 2.24) is 4.31 Å². The van der Waals surface area contributed by atoms with E-state index in [0.29, 0.717) is 25.4 Å². The van der Waals surface area contributed by atoms with Crippen molar-refractivity contribution in [2.45, 2.75) is 37.4 Å². The number of ether oxygens (including phenoxy) is 2. The largest absolute Gasteiger partial charge is 0.495 e. The highest BCUT2D eigenvalue weighted by molar-refractivity contribution is 7.89. The second kappa shape index (κ2) is 6.31. The zero-order chi connectivity index (χ0) is 15.6. The van der Waals surface area contributed by atoms with Gasteiger partial charge in [-0.25, -0.2) is 8.42 Å². The monoisotopic (exact) mass is 314 g/mol. The van der Waals surface area contributed by atoms with Crippen LogP contribution in [0.5, 0.6) is 5.75 Å². The number of hydrogen-bond acceptors (Lipinski definition) is 5. The van der Waals surface area contributed by atoms with Crippen LogP contribution in [0.1, 0.15) is 19.4 Å². The highest BCUT2D eigenvalue weighted by Gasteiger charge is 2.35. The number of benzene rings is 1. The lowest BCUT2D eigenvalue weighted by Crippen LogP contribution is -2.50. The van der Waals surface area contributed by atoms with Gasteiger partial charge in [0.2, 0.25) is 10.0 Å². The molecule has 1 aromatic carbocycles. The van der Waals surface area contributed by atoms with Crippen molar-refractivity contribution in [2.75, 3.05) is 20.3 Å². The maximum Gasteiger partial charge on any atom is 0.247 e. The minimum absolute atomic E-state index is 0.120. The van der Waals surface area contributed by atoms with E-state index in [-0.39, 0.29) is 17.0 Å². The average Bonchev–Trinajstić information content (AvgIpc) is 2.48. The van der Waals surface area contributed by atoms with Gasteiger partial charge in [-0.05, 0) is 31.5 Å². The maximum atomic E-state index is 12.9. The summed E-state index contributed by atoms with van der Waals surface area (Å²) >= 11 is 0. The summed E-state index contributed by atoms with van der Waals surface area (Å²) in [6, 6.07) is 4.74. The summed E-state index contributed by atoms with van der Waals surface area (Å²) in [5, 5.41) is 0. The molecule has 1 saturated heterocycles. The van der Waals surface area contributed by atoms with Crippen molar-refractivity contribution in [3.05, 3.63) is 23.8 Å². The van der Waals surface area contributed by atoms with Crippen LogP contribution in [0.2, 0.25) is 0 Å². The lowest BCUT2D eigenvalue weighted by molar-refractivity contribution is -0.0171. The van der Waals surface area contributed by atoms with E-state index in [4.69, 9.17) is 15.2 Å². The number of nitrogens with two attached hydrogens (primary N) is 1. The first kappa shape index (κ1) is 16.2. The molecule has 0 saturated carbocycles. The van der Waals surface area contributed by atoms with Gasteiger partial charge in [0.05, 0.1) is 19.8 Å². The van der Waals surface area contributed by atoms with Gasteiger partial charge in [0, 0.05) is 19.1 Å². The van der Waals surface area contributed by atoms with Crippen LogP contribution in [0.3, 0.4) is 0 Å². The molecule has 1 aliphatic heterocycles. The first-order valence-electron chi connectivity index (χ1n) is 6.90. The zero-order valence-electron chi connectivity index (χ0n) is 12.6. The lowest BCUT2D eigenvalue weighted by atomic mass is 10.2. The molecule has 21 heavy (non-hydrogen) atoms. The normalized spacial score (nSPS) is 24.0. The van der Waals surface area contributed by atoms with E-state index in [1.807, 2.05) is 13.8 Å². The molecule has 0 aliphatic carbocycles. The molecule has 2 unspecified atom stereocenters. The quantitative estimate of drug-likeness (QED) is 0.895. The van der Waals surface area contributed by atoms with Crippen LogP contribution in [0, 0.1) is 0 Å². The van der Waals surface area contributed by atoms with E-state index in [9.17, 15) is 8.42 Å². The Morgan fingerprint density at radius 3 is 2.76 bits per heavy atom. The fourth-order valence-corrected chi connectivity index (χ4v) is 4.22. The molecule has 118 valence electrons. The Kier molecular flexibility index (Phi) is 4.88. The van der Waals surface area contributed by atoms with Crippen LogP contribution >= 0.6 is 0 Å². The summed E-state index contributed by atoms with van der Waals surface area (Å²) in [6.45, 7) is 4.77. The number of hydrogen-bond donors (Lipinski definition) is 1. The van der Waals surface area contributed by atoms with Gasteiger partial charge in [-0.1, -0.05) is 6.07 Å². The van der Waals surface area contributed by atoms with Gasteiger partial charge < -0.3 is 15.2 Å². The molecule has 2 rings (SSSR count). The summed E-state index contributed by atoms with van der Waals surface area (Å²) in [5.41, 5.74) is 6.41. The minimum atomic E-state index is -3.62. The van der Waals surface area contributed by atoms with Crippen molar-refractivity contribution >= 4 is 10.0 Å². The molecular weight excluding hydrogens is 292 g/mol. The Labute approximate surface area is 125 Å². The summed E-state index contributed by atoms with van der Waals surface area (Å²) in [6.07, 6.45) is -0.120. The first-order chi connectivity index (χ1) is 9.90. The molecule has 1 aromatic rings. The minimum Gasteiger partial charge on any atom is -0.495 e. The molecule has 2 N–H and O–H groups in total. The Morgan fingerprint density at radius 1 is 1.43 bits per heavy atom. The van der Waals surface area contributed by atoms with Gasteiger partial charge in [-0.15, -0.1) is 0 Å². The molecule has 2 atom stereocenters. The average molecular weight is 314 g/mol. The fourth-order valence-electron chi connectivity index (χ4n) is 2.39. The van der Waals surface area contributed by atoms with Crippen LogP contribution < -0.4 is 10.5 Å². The second-order valence-electron chi connectivity index (χ2n) is 5.26. The highest BCUT2D eigenvalue weighted by Crippen LogP contribution is 2.30. The summed E-state index contributed by atoms with van der Waals surface area (Å²) in [4.78, 5) is 0.170. The maximum absolute atomic E-state index is 12.9. The third-order valence-corrected chi connectivity index (χ3v) is 5.62. The SMILES string of the molecule is COc1cc(CN)ccc1S(=O)(=O)N1CC(C)OCC1C.